The summed E-state index contributed by atoms with van der Waals surface area (Å²) in [7, 11) is -1.35. The van der Waals surface area contributed by atoms with Crippen molar-refractivity contribution < 1.29 is 21.7 Å². The van der Waals surface area contributed by atoms with Crippen molar-refractivity contribution in [3.8, 4) is 0 Å². The minimum Gasteiger partial charge on any atom is -0.271 e. The van der Waals surface area contributed by atoms with Crippen molar-refractivity contribution in [2.45, 2.75) is 145 Å². The molecule has 202 valence electrons. The van der Waals surface area contributed by atoms with Crippen LogP contribution in [0, 0.1) is 11.8 Å². The maximum Gasteiger partial charge on any atom is 0.0425 e. The number of rotatable bonds is 13. The molecule has 3 unspecified atom stereocenters. The van der Waals surface area contributed by atoms with E-state index in [0.29, 0.717) is 11.8 Å². The van der Waals surface area contributed by atoms with Crippen molar-refractivity contribution in [3.63, 3.8) is 0 Å². The normalized spacial score (nSPS) is 18.3. The van der Waals surface area contributed by atoms with E-state index in [-0.39, 0.29) is 21.7 Å². The number of nitrogens with zero attached hydrogens (tertiary/aromatic N) is 1. The second kappa shape index (κ2) is 19.9. The van der Waals surface area contributed by atoms with E-state index in [2.05, 4.69) is 113 Å². The van der Waals surface area contributed by atoms with Crippen molar-refractivity contribution in [2.75, 3.05) is 0 Å². The maximum absolute atomic E-state index is 5.57. The summed E-state index contributed by atoms with van der Waals surface area (Å²) >= 11 is 0. The molecule has 0 amide bonds. The summed E-state index contributed by atoms with van der Waals surface area (Å²) in [6.45, 7) is 27.7. The Hall–Kier alpha value is -0.0957. The summed E-state index contributed by atoms with van der Waals surface area (Å²) in [5.41, 5.74) is 6.48. The predicted molar refractivity (Wildman–Crippen MR) is 161 cm³/mol. The Bertz CT molecular complexity index is 679. The number of hydrogen-bond donors (Lipinski definition) is 0. The van der Waals surface area contributed by atoms with Crippen LogP contribution >= 0.6 is 7.05 Å². The van der Waals surface area contributed by atoms with Gasteiger partial charge in [-0.3, -0.25) is 4.74 Å². The summed E-state index contributed by atoms with van der Waals surface area (Å²) in [4.78, 5) is 0. The Labute approximate surface area is 236 Å². The Morgan fingerprint density at radius 2 is 1.14 bits per heavy atom. The number of hydrogen-bond acceptors (Lipinski definition) is 1. The first-order chi connectivity index (χ1) is 16.0. The van der Waals surface area contributed by atoms with Crippen molar-refractivity contribution in [2.24, 2.45) is 16.6 Å². The van der Waals surface area contributed by atoms with Gasteiger partial charge in [0.2, 0.25) is 0 Å². The van der Waals surface area contributed by atoms with Crippen molar-refractivity contribution in [1.82, 2.24) is 0 Å². The zero-order chi connectivity index (χ0) is 26.3. The quantitative estimate of drug-likeness (QED) is 0.126. The van der Waals surface area contributed by atoms with Gasteiger partial charge in [-0.15, -0.1) is 0 Å². The van der Waals surface area contributed by atoms with E-state index in [0.717, 1.165) is 23.4 Å². The molecule has 0 saturated heterocycles. The van der Waals surface area contributed by atoms with E-state index in [4.69, 9.17) is 4.74 Å². The molecule has 0 aromatic carbocycles. The number of allylic oxidation sites excluding steroid dienone is 7. The van der Waals surface area contributed by atoms with Gasteiger partial charge < -0.3 is 0 Å². The van der Waals surface area contributed by atoms with Crippen LogP contribution in [0.3, 0.4) is 0 Å². The molecule has 0 aliphatic heterocycles. The van der Waals surface area contributed by atoms with Gasteiger partial charge in [-0.2, -0.15) is 0 Å². The molecular formula is C32H60NPTi. The summed E-state index contributed by atoms with van der Waals surface area (Å²) in [5, 5.41) is 0. The molecule has 1 rings (SSSR count). The standard InChI is InChI=1S/C20H38NP.C12H22.Ti/c1-7-12-17(4)22(18(5)13-8-2,19(6)14-9-3)21-20-15-10-11-16-20;1-9(2)7-11(5)12(6)8-10(3)4;/h10-11,15,17-19H,7-9,12-14,16H2,1-6H3;7-10H,1-6H3;. The van der Waals surface area contributed by atoms with Gasteiger partial charge in [0.25, 0.3) is 0 Å². The van der Waals surface area contributed by atoms with Gasteiger partial charge in [0.15, 0.2) is 0 Å². The molecule has 0 fully saturated rings. The Morgan fingerprint density at radius 1 is 0.771 bits per heavy atom. The van der Waals surface area contributed by atoms with Gasteiger partial charge in [-0.05, 0) is 75.1 Å². The van der Waals surface area contributed by atoms with Crippen LogP contribution in [0.15, 0.2) is 52.0 Å². The fourth-order valence-electron chi connectivity index (χ4n) is 5.47. The molecule has 0 bridgehead atoms. The molecule has 0 aromatic heterocycles. The smallest absolute Gasteiger partial charge is 0.0425 e. The van der Waals surface area contributed by atoms with E-state index >= 15 is 0 Å². The third-order valence-corrected chi connectivity index (χ3v) is 12.7. The predicted octanol–water partition coefficient (Wildman–Crippen LogP) is 11.8. The average Bonchev–Trinajstić information content (AvgIpc) is 3.25. The van der Waals surface area contributed by atoms with E-state index in [1.165, 1.54) is 55.4 Å². The van der Waals surface area contributed by atoms with Gasteiger partial charge in [-0.25, -0.2) is 0 Å². The van der Waals surface area contributed by atoms with Gasteiger partial charge in [-0.1, -0.05) is 124 Å². The van der Waals surface area contributed by atoms with Crippen LogP contribution in [0.5, 0.6) is 0 Å². The van der Waals surface area contributed by atoms with Crippen LogP contribution in [0.25, 0.3) is 0 Å². The fourth-order valence-corrected chi connectivity index (χ4v) is 11.3. The Balaban J connectivity index is 0. The average molecular weight is 538 g/mol. The second-order valence-electron chi connectivity index (χ2n) is 11.3. The molecule has 1 aliphatic rings. The topological polar surface area (TPSA) is 12.4 Å². The SMILES string of the molecule is CC(=CC(C)C)C(C)=CC(C)C.CCCC(C)P(=NC1=CC=CC1)(C(C)CCC)C(C)CCC.[Ti]. The summed E-state index contributed by atoms with van der Waals surface area (Å²) in [6.07, 6.45) is 20.2. The van der Waals surface area contributed by atoms with Crippen LogP contribution in [0.1, 0.15) is 128 Å². The van der Waals surface area contributed by atoms with Crippen LogP contribution in [0.4, 0.5) is 0 Å². The van der Waals surface area contributed by atoms with Gasteiger partial charge in [0, 0.05) is 33.8 Å². The van der Waals surface area contributed by atoms with E-state index in [1.807, 2.05) is 0 Å². The van der Waals surface area contributed by atoms with Crippen molar-refractivity contribution in [3.05, 3.63) is 47.2 Å². The zero-order valence-electron chi connectivity index (χ0n) is 25.6. The Kier molecular flexibility index (Phi) is 21.1. The van der Waals surface area contributed by atoms with Crippen LogP contribution in [-0.4, -0.2) is 17.0 Å². The maximum atomic E-state index is 5.57. The third-order valence-electron chi connectivity index (χ3n) is 7.08. The summed E-state index contributed by atoms with van der Waals surface area (Å²) in [5.74, 6) is 1.31. The summed E-state index contributed by atoms with van der Waals surface area (Å²) < 4.78 is 5.57. The van der Waals surface area contributed by atoms with Crippen molar-refractivity contribution in [1.29, 1.82) is 0 Å². The molecule has 1 nitrogen and oxygen atoms in total. The van der Waals surface area contributed by atoms with Crippen LogP contribution < -0.4 is 0 Å². The molecule has 0 radical (unpaired) electrons. The molecule has 35 heavy (non-hydrogen) atoms. The molecule has 0 heterocycles. The van der Waals surface area contributed by atoms with E-state index in [9.17, 15) is 0 Å². The minimum absolute atomic E-state index is 0. The van der Waals surface area contributed by atoms with E-state index < -0.39 is 7.05 Å². The monoisotopic (exact) mass is 537 g/mol. The van der Waals surface area contributed by atoms with Crippen LogP contribution in [-0.2, 0) is 21.7 Å². The fraction of sp³-hybridized carbons (Fsp3) is 0.750. The third kappa shape index (κ3) is 13.3. The molecule has 0 saturated carbocycles. The zero-order valence-corrected chi connectivity index (χ0v) is 28.1. The van der Waals surface area contributed by atoms with E-state index in [1.54, 1.807) is 0 Å². The van der Waals surface area contributed by atoms with Crippen molar-refractivity contribution >= 4 is 7.05 Å². The first kappa shape index (κ1) is 37.1. The molecule has 0 aromatic rings. The molecule has 0 N–H and O–H groups in total. The summed E-state index contributed by atoms with van der Waals surface area (Å²) in [6, 6.07) is 0. The molecule has 0 spiro atoms. The molecule has 1 aliphatic carbocycles. The van der Waals surface area contributed by atoms with Gasteiger partial charge in [0.1, 0.15) is 0 Å². The first-order valence-electron chi connectivity index (χ1n) is 14.3. The Morgan fingerprint density at radius 3 is 1.40 bits per heavy atom. The van der Waals surface area contributed by atoms with Gasteiger partial charge in [0.05, 0.1) is 0 Å². The molecule has 3 heteroatoms. The first-order valence-corrected chi connectivity index (χ1v) is 16.2. The van der Waals surface area contributed by atoms with Gasteiger partial charge >= 0.3 is 0 Å². The second-order valence-corrected chi connectivity index (χ2v) is 15.7. The largest absolute Gasteiger partial charge is 0.271 e. The van der Waals surface area contributed by atoms with Crippen LogP contribution in [0.2, 0.25) is 0 Å². The molecule has 3 atom stereocenters. The minimum atomic E-state index is -1.35. The molecular weight excluding hydrogens is 477 g/mol.